The molecule has 0 radical (unpaired) electrons. The Bertz CT molecular complexity index is 686. The van der Waals surface area contributed by atoms with Gasteiger partial charge in [0.25, 0.3) is 0 Å². The molecule has 0 saturated carbocycles. The van der Waals surface area contributed by atoms with E-state index in [9.17, 15) is 14.0 Å². The Balaban J connectivity index is 2.22. The molecule has 0 bridgehead atoms. The fraction of sp³-hybridized carbons (Fsp3) is 0.188. The van der Waals surface area contributed by atoms with E-state index in [1.54, 1.807) is 12.1 Å². The molecular weight excluding hydrogens is 244 g/mol. The third kappa shape index (κ3) is 2.00. The van der Waals surface area contributed by atoms with Gasteiger partial charge in [0.1, 0.15) is 11.6 Å². The third-order valence-electron chi connectivity index (χ3n) is 3.63. The molecule has 0 amide bonds. The van der Waals surface area contributed by atoms with Crippen molar-refractivity contribution in [3.05, 3.63) is 70.3 Å². The molecule has 2 aromatic rings. The summed E-state index contributed by atoms with van der Waals surface area (Å²) in [5.74, 6) is -1.17. The Hall–Kier alpha value is -2.21. The van der Waals surface area contributed by atoms with Crippen LogP contribution in [0.5, 0.6) is 0 Å². The maximum absolute atomic E-state index is 13.4. The molecule has 1 unspecified atom stereocenters. The standard InChI is InChI=1S/C16H11F2N/c17-12-5-6-14-11(7-12)2-1-10-3-4-13(18)8-15(10)16(14)9-19/h3-8,16H,1-2H2. The minimum Gasteiger partial charge on any atom is -0.207 e. The van der Waals surface area contributed by atoms with Crippen LogP contribution in [-0.4, -0.2) is 0 Å². The summed E-state index contributed by atoms with van der Waals surface area (Å²) in [6.45, 7) is 0. The van der Waals surface area contributed by atoms with E-state index in [1.165, 1.54) is 24.3 Å². The molecule has 94 valence electrons. The Kier molecular flexibility index (Phi) is 2.79. The highest BCUT2D eigenvalue weighted by molar-refractivity contribution is 5.48. The van der Waals surface area contributed by atoms with Crippen molar-refractivity contribution in [2.75, 3.05) is 0 Å². The van der Waals surface area contributed by atoms with Crippen molar-refractivity contribution in [2.24, 2.45) is 0 Å². The summed E-state index contributed by atoms with van der Waals surface area (Å²) in [5.41, 5.74) is 3.29. The molecule has 1 nitrogen and oxygen atoms in total. The lowest BCUT2D eigenvalue weighted by Gasteiger charge is -2.13. The first-order valence-corrected chi connectivity index (χ1v) is 6.15. The van der Waals surface area contributed by atoms with Crippen LogP contribution in [0.15, 0.2) is 36.4 Å². The Morgan fingerprint density at radius 1 is 0.895 bits per heavy atom. The summed E-state index contributed by atoms with van der Waals surface area (Å²) in [6.07, 6.45) is 1.37. The van der Waals surface area contributed by atoms with Gasteiger partial charge in [-0.1, -0.05) is 12.1 Å². The van der Waals surface area contributed by atoms with Crippen molar-refractivity contribution in [3.63, 3.8) is 0 Å². The lowest BCUT2D eigenvalue weighted by molar-refractivity contribution is 0.623. The number of aryl methyl sites for hydroxylation is 2. The molecule has 1 aliphatic rings. The summed E-state index contributed by atoms with van der Waals surface area (Å²) >= 11 is 0. The zero-order valence-electron chi connectivity index (χ0n) is 10.2. The second kappa shape index (κ2) is 4.47. The summed E-state index contributed by atoms with van der Waals surface area (Å²) in [5, 5.41) is 9.40. The smallest absolute Gasteiger partial charge is 0.123 e. The molecule has 0 aromatic heterocycles. The van der Waals surface area contributed by atoms with Gasteiger partial charge in [-0.25, -0.2) is 8.78 Å². The third-order valence-corrected chi connectivity index (χ3v) is 3.63. The topological polar surface area (TPSA) is 23.8 Å². The largest absolute Gasteiger partial charge is 0.207 e. The number of hydrogen-bond donors (Lipinski definition) is 0. The van der Waals surface area contributed by atoms with Gasteiger partial charge in [0.05, 0.1) is 12.0 Å². The molecule has 0 saturated heterocycles. The summed E-state index contributed by atoms with van der Waals surface area (Å²) in [7, 11) is 0. The molecule has 0 N–H and O–H groups in total. The van der Waals surface area contributed by atoms with Crippen molar-refractivity contribution in [2.45, 2.75) is 18.8 Å². The summed E-state index contributed by atoms with van der Waals surface area (Å²) in [4.78, 5) is 0. The van der Waals surface area contributed by atoms with Crippen LogP contribution in [0.25, 0.3) is 0 Å². The molecule has 2 aromatic carbocycles. The molecule has 0 aliphatic heterocycles. The number of benzene rings is 2. The summed E-state index contributed by atoms with van der Waals surface area (Å²) in [6, 6.07) is 11.2. The lowest BCUT2D eigenvalue weighted by atomic mass is 9.89. The Morgan fingerprint density at radius 2 is 1.58 bits per heavy atom. The van der Waals surface area contributed by atoms with Gasteiger partial charge in [-0.3, -0.25) is 0 Å². The molecule has 1 atom stereocenters. The van der Waals surface area contributed by atoms with Crippen molar-refractivity contribution < 1.29 is 8.78 Å². The van der Waals surface area contributed by atoms with Crippen LogP contribution in [0.1, 0.15) is 28.2 Å². The SMILES string of the molecule is N#CC1c2ccc(F)cc2CCc2ccc(F)cc21. The minimum absolute atomic E-state index is 0.299. The van der Waals surface area contributed by atoms with Gasteiger partial charge >= 0.3 is 0 Å². The van der Waals surface area contributed by atoms with Crippen LogP contribution in [0.2, 0.25) is 0 Å². The van der Waals surface area contributed by atoms with Crippen LogP contribution in [-0.2, 0) is 12.8 Å². The number of rotatable bonds is 0. The van der Waals surface area contributed by atoms with E-state index < -0.39 is 5.92 Å². The van der Waals surface area contributed by atoms with Crippen LogP contribution in [0, 0.1) is 23.0 Å². The van der Waals surface area contributed by atoms with Crippen LogP contribution >= 0.6 is 0 Å². The first kappa shape index (κ1) is 11.9. The van der Waals surface area contributed by atoms with E-state index in [4.69, 9.17) is 0 Å². The predicted octanol–water partition coefficient (Wildman–Crippen LogP) is 3.72. The minimum atomic E-state index is -0.524. The average Bonchev–Trinajstić information content (AvgIpc) is 2.54. The number of halogens is 2. The molecule has 0 spiro atoms. The molecule has 0 heterocycles. The summed E-state index contributed by atoms with van der Waals surface area (Å²) < 4.78 is 26.7. The van der Waals surface area contributed by atoms with Crippen molar-refractivity contribution in [1.82, 2.24) is 0 Å². The van der Waals surface area contributed by atoms with E-state index >= 15 is 0 Å². The number of hydrogen-bond acceptors (Lipinski definition) is 1. The van der Waals surface area contributed by atoms with Gasteiger partial charge in [-0.15, -0.1) is 0 Å². The maximum atomic E-state index is 13.4. The van der Waals surface area contributed by atoms with E-state index in [-0.39, 0.29) is 11.6 Å². The first-order valence-electron chi connectivity index (χ1n) is 6.15. The normalized spacial score (nSPS) is 17.0. The Labute approximate surface area is 110 Å². The van der Waals surface area contributed by atoms with Crippen LogP contribution in [0.4, 0.5) is 8.78 Å². The van der Waals surface area contributed by atoms with Crippen LogP contribution in [0.3, 0.4) is 0 Å². The van der Waals surface area contributed by atoms with Gasteiger partial charge in [0.15, 0.2) is 0 Å². The first-order chi connectivity index (χ1) is 9.19. The van der Waals surface area contributed by atoms with Crippen molar-refractivity contribution >= 4 is 0 Å². The molecule has 3 heteroatoms. The van der Waals surface area contributed by atoms with E-state index in [0.717, 1.165) is 16.7 Å². The monoisotopic (exact) mass is 255 g/mol. The number of nitrogens with zero attached hydrogens (tertiary/aromatic N) is 1. The van der Waals surface area contributed by atoms with E-state index in [0.29, 0.717) is 18.4 Å². The zero-order chi connectivity index (χ0) is 13.4. The second-order valence-corrected chi connectivity index (χ2v) is 4.75. The van der Waals surface area contributed by atoms with Gasteiger partial charge < -0.3 is 0 Å². The lowest BCUT2D eigenvalue weighted by Crippen LogP contribution is -2.02. The highest BCUT2D eigenvalue weighted by Crippen LogP contribution is 2.34. The molecule has 0 fully saturated rings. The van der Waals surface area contributed by atoms with Gasteiger partial charge in [0.2, 0.25) is 0 Å². The predicted molar refractivity (Wildman–Crippen MR) is 67.7 cm³/mol. The molecular formula is C16H11F2N. The highest BCUT2D eigenvalue weighted by Gasteiger charge is 2.24. The fourth-order valence-corrected chi connectivity index (χ4v) is 2.71. The van der Waals surface area contributed by atoms with E-state index in [2.05, 4.69) is 6.07 Å². The van der Waals surface area contributed by atoms with Crippen LogP contribution < -0.4 is 0 Å². The van der Waals surface area contributed by atoms with Gasteiger partial charge in [-0.05, 0) is 59.4 Å². The number of fused-ring (bicyclic) bond motifs is 2. The molecule has 3 rings (SSSR count). The highest BCUT2D eigenvalue weighted by atomic mass is 19.1. The maximum Gasteiger partial charge on any atom is 0.123 e. The quantitative estimate of drug-likeness (QED) is 0.703. The van der Waals surface area contributed by atoms with Crippen molar-refractivity contribution in [1.29, 1.82) is 5.26 Å². The number of nitriles is 1. The van der Waals surface area contributed by atoms with E-state index in [1.807, 2.05) is 0 Å². The Morgan fingerprint density at radius 3 is 2.37 bits per heavy atom. The molecule has 1 aliphatic carbocycles. The van der Waals surface area contributed by atoms with Crippen molar-refractivity contribution in [3.8, 4) is 6.07 Å². The zero-order valence-corrected chi connectivity index (χ0v) is 10.2. The fourth-order valence-electron chi connectivity index (χ4n) is 2.71. The average molecular weight is 255 g/mol. The van der Waals surface area contributed by atoms with Gasteiger partial charge in [0, 0.05) is 0 Å². The second-order valence-electron chi connectivity index (χ2n) is 4.75. The molecule has 19 heavy (non-hydrogen) atoms. The van der Waals surface area contributed by atoms with Gasteiger partial charge in [-0.2, -0.15) is 5.26 Å².